The first-order valence-corrected chi connectivity index (χ1v) is 8.07. The molecule has 2 aliphatic rings. The fourth-order valence-corrected chi connectivity index (χ4v) is 3.18. The van der Waals surface area contributed by atoms with E-state index in [1.807, 2.05) is 4.90 Å². The zero-order valence-electron chi connectivity index (χ0n) is 12.4. The largest absolute Gasteiger partial charge is 0.335 e. The molecule has 0 spiro atoms. The number of nitrogens with one attached hydrogen (secondary N) is 1. The van der Waals surface area contributed by atoms with Crippen LogP contribution in [0.5, 0.6) is 0 Å². The minimum absolute atomic E-state index is 0.169. The molecule has 2 fully saturated rings. The average Bonchev–Trinajstić information content (AvgIpc) is 2.68. The quantitative estimate of drug-likeness (QED) is 0.797. The van der Waals surface area contributed by atoms with Crippen LogP contribution in [0.25, 0.3) is 0 Å². The molecule has 2 rings (SSSR count). The first-order valence-electron chi connectivity index (χ1n) is 8.07. The maximum atomic E-state index is 12.2. The van der Waals surface area contributed by atoms with E-state index in [0.717, 1.165) is 32.7 Å². The number of piperazine rings is 1. The summed E-state index contributed by atoms with van der Waals surface area (Å²) in [4.78, 5) is 16.7. The van der Waals surface area contributed by atoms with Crippen molar-refractivity contribution in [3.05, 3.63) is 0 Å². The maximum Gasteiger partial charge on any atom is 0.317 e. The summed E-state index contributed by atoms with van der Waals surface area (Å²) in [6.07, 6.45) is 8.76. The van der Waals surface area contributed by atoms with E-state index >= 15 is 0 Å². The molecule has 0 unspecified atom stereocenters. The molecule has 4 heteroatoms. The fraction of sp³-hybridized carbons (Fsp3) is 0.933. The molecule has 110 valence electrons. The van der Waals surface area contributed by atoms with E-state index in [0.29, 0.717) is 6.04 Å². The lowest BCUT2D eigenvalue weighted by Crippen LogP contribution is -2.53. The van der Waals surface area contributed by atoms with Crippen molar-refractivity contribution in [1.29, 1.82) is 0 Å². The summed E-state index contributed by atoms with van der Waals surface area (Å²) in [5, 5.41) is 3.24. The van der Waals surface area contributed by atoms with E-state index in [1.165, 1.54) is 44.9 Å². The molecule has 1 heterocycles. The Morgan fingerprint density at radius 3 is 2.26 bits per heavy atom. The Morgan fingerprint density at radius 1 is 1.05 bits per heavy atom. The predicted molar refractivity (Wildman–Crippen MR) is 78.3 cm³/mol. The molecule has 1 saturated heterocycles. The third-order valence-electron chi connectivity index (χ3n) is 4.38. The fourth-order valence-electron chi connectivity index (χ4n) is 3.18. The molecule has 1 N–H and O–H groups in total. The van der Waals surface area contributed by atoms with Crippen LogP contribution in [-0.4, -0.2) is 54.6 Å². The van der Waals surface area contributed by atoms with E-state index in [9.17, 15) is 4.79 Å². The van der Waals surface area contributed by atoms with Crippen LogP contribution in [0.1, 0.15) is 51.9 Å². The molecule has 0 aromatic heterocycles. The van der Waals surface area contributed by atoms with Gasteiger partial charge in [-0.2, -0.15) is 0 Å². The third-order valence-corrected chi connectivity index (χ3v) is 4.38. The SMILES string of the molecule is CCCN1CCN(C(=O)NC2CCCCCC2)CC1. The van der Waals surface area contributed by atoms with Gasteiger partial charge in [0, 0.05) is 32.2 Å². The molecule has 19 heavy (non-hydrogen) atoms. The molecular formula is C15H29N3O. The van der Waals surface area contributed by atoms with Gasteiger partial charge in [-0.1, -0.05) is 32.6 Å². The minimum atomic E-state index is 0.169. The number of nitrogens with zero attached hydrogens (tertiary/aromatic N) is 2. The minimum Gasteiger partial charge on any atom is -0.335 e. The Labute approximate surface area is 117 Å². The van der Waals surface area contributed by atoms with Gasteiger partial charge in [0.25, 0.3) is 0 Å². The highest BCUT2D eigenvalue weighted by molar-refractivity contribution is 5.74. The smallest absolute Gasteiger partial charge is 0.317 e. The van der Waals surface area contributed by atoms with Gasteiger partial charge < -0.3 is 10.2 Å². The normalized spacial score (nSPS) is 23.1. The Hall–Kier alpha value is -0.770. The summed E-state index contributed by atoms with van der Waals surface area (Å²) >= 11 is 0. The van der Waals surface area contributed by atoms with Crippen LogP contribution in [0.3, 0.4) is 0 Å². The van der Waals surface area contributed by atoms with Gasteiger partial charge >= 0.3 is 6.03 Å². The summed E-state index contributed by atoms with van der Waals surface area (Å²) in [5.74, 6) is 0. The van der Waals surface area contributed by atoms with Crippen LogP contribution in [0, 0.1) is 0 Å². The predicted octanol–water partition coefficient (Wildman–Crippen LogP) is 2.45. The summed E-state index contributed by atoms with van der Waals surface area (Å²) in [5.41, 5.74) is 0. The Morgan fingerprint density at radius 2 is 1.68 bits per heavy atom. The average molecular weight is 267 g/mol. The Bertz CT molecular complexity index is 267. The number of hydrogen-bond acceptors (Lipinski definition) is 2. The van der Waals surface area contributed by atoms with Crippen LogP contribution in [0.2, 0.25) is 0 Å². The number of urea groups is 1. The van der Waals surface area contributed by atoms with Gasteiger partial charge in [-0.15, -0.1) is 0 Å². The van der Waals surface area contributed by atoms with Crippen molar-refractivity contribution in [3.63, 3.8) is 0 Å². The molecule has 0 atom stereocenters. The van der Waals surface area contributed by atoms with Crippen LogP contribution < -0.4 is 5.32 Å². The van der Waals surface area contributed by atoms with Crippen LogP contribution in [0.4, 0.5) is 4.79 Å². The number of carbonyl (C=O) groups excluding carboxylic acids is 1. The van der Waals surface area contributed by atoms with Crippen molar-refractivity contribution >= 4 is 6.03 Å². The molecule has 1 aliphatic carbocycles. The summed E-state index contributed by atoms with van der Waals surface area (Å²) < 4.78 is 0. The molecule has 1 saturated carbocycles. The van der Waals surface area contributed by atoms with Gasteiger partial charge in [0.1, 0.15) is 0 Å². The molecule has 0 bridgehead atoms. The van der Waals surface area contributed by atoms with Gasteiger partial charge in [0.05, 0.1) is 0 Å². The molecule has 0 aromatic carbocycles. The second-order valence-electron chi connectivity index (χ2n) is 5.97. The van der Waals surface area contributed by atoms with Gasteiger partial charge in [-0.05, 0) is 25.8 Å². The van der Waals surface area contributed by atoms with Crippen molar-refractivity contribution < 1.29 is 4.79 Å². The summed E-state index contributed by atoms with van der Waals surface area (Å²) in [6.45, 7) is 7.22. The second-order valence-corrected chi connectivity index (χ2v) is 5.97. The number of carbonyl (C=O) groups is 1. The lowest BCUT2D eigenvalue weighted by molar-refractivity contribution is 0.136. The molecule has 2 amide bonds. The van der Waals surface area contributed by atoms with Crippen LogP contribution in [-0.2, 0) is 0 Å². The van der Waals surface area contributed by atoms with Crippen molar-refractivity contribution in [2.24, 2.45) is 0 Å². The van der Waals surface area contributed by atoms with E-state index in [2.05, 4.69) is 17.1 Å². The zero-order valence-corrected chi connectivity index (χ0v) is 12.4. The molecular weight excluding hydrogens is 238 g/mol. The first-order chi connectivity index (χ1) is 9.29. The molecule has 0 radical (unpaired) electrons. The number of amides is 2. The van der Waals surface area contributed by atoms with E-state index in [4.69, 9.17) is 0 Å². The highest BCUT2D eigenvalue weighted by Crippen LogP contribution is 2.17. The second kappa shape index (κ2) is 7.73. The molecule has 1 aliphatic heterocycles. The van der Waals surface area contributed by atoms with Crippen molar-refractivity contribution in [2.45, 2.75) is 57.9 Å². The third kappa shape index (κ3) is 4.68. The van der Waals surface area contributed by atoms with Crippen molar-refractivity contribution in [2.75, 3.05) is 32.7 Å². The van der Waals surface area contributed by atoms with Crippen LogP contribution >= 0.6 is 0 Å². The molecule has 0 aromatic rings. The topological polar surface area (TPSA) is 35.6 Å². The monoisotopic (exact) mass is 267 g/mol. The number of rotatable bonds is 3. The van der Waals surface area contributed by atoms with E-state index in [1.54, 1.807) is 0 Å². The number of hydrogen-bond donors (Lipinski definition) is 1. The first kappa shape index (κ1) is 14.6. The maximum absolute atomic E-state index is 12.2. The lowest BCUT2D eigenvalue weighted by atomic mass is 10.1. The highest BCUT2D eigenvalue weighted by atomic mass is 16.2. The lowest BCUT2D eigenvalue weighted by Gasteiger charge is -2.35. The summed E-state index contributed by atoms with van der Waals surface area (Å²) in [6, 6.07) is 0.590. The standard InChI is InChI=1S/C15H29N3O/c1-2-9-17-10-12-18(13-11-17)15(19)16-14-7-5-3-4-6-8-14/h14H,2-13H2,1H3,(H,16,19). The highest BCUT2D eigenvalue weighted by Gasteiger charge is 2.22. The van der Waals surface area contributed by atoms with Gasteiger partial charge in [0.2, 0.25) is 0 Å². The zero-order chi connectivity index (χ0) is 13.5. The van der Waals surface area contributed by atoms with E-state index in [-0.39, 0.29) is 6.03 Å². The van der Waals surface area contributed by atoms with Crippen LogP contribution in [0.15, 0.2) is 0 Å². The van der Waals surface area contributed by atoms with Crippen molar-refractivity contribution in [3.8, 4) is 0 Å². The molecule has 4 nitrogen and oxygen atoms in total. The Balaban J connectivity index is 1.71. The summed E-state index contributed by atoms with van der Waals surface area (Å²) in [7, 11) is 0. The van der Waals surface area contributed by atoms with Crippen molar-refractivity contribution in [1.82, 2.24) is 15.1 Å². The van der Waals surface area contributed by atoms with Gasteiger partial charge in [-0.25, -0.2) is 4.79 Å². The van der Waals surface area contributed by atoms with E-state index < -0.39 is 0 Å². The van der Waals surface area contributed by atoms with Gasteiger partial charge in [0.15, 0.2) is 0 Å². The Kier molecular flexibility index (Phi) is 5.95. The van der Waals surface area contributed by atoms with Gasteiger partial charge in [-0.3, -0.25) is 4.90 Å².